The Bertz CT molecular complexity index is 993. The lowest BCUT2D eigenvalue weighted by Gasteiger charge is -2.28. The maximum absolute atomic E-state index is 10.9. The molecule has 190 valence electrons. The lowest BCUT2D eigenvalue weighted by Crippen LogP contribution is -2.39. The van der Waals surface area contributed by atoms with Crippen LogP contribution in [0.3, 0.4) is 0 Å². The summed E-state index contributed by atoms with van der Waals surface area (Å²) in [6.07, 6.45) is 0. The molecular weight excluding hydrogens is 471 g/mol. The first-order chi connectivity index (χ1) is 15.9. The normalized spacial score (nSPS) is 12.9. The zero-order chi connectivity index (χ0) is 25.7. The Morgan fingerprint density at radius 3 is 1.82 bits per heavy atom. The summed E-state index contributed by atoms with van der Waals surface area (Å²) in [5, 5.41) is 26.6. The molecule has 1 atom stereocenters. The van der Waals surface area contributed by atoms with Crippen molar-refractivity contribution in [2.75, 3.05) is 20.4 Å². The highest BCUT2D eigenvalue weighted by Gasteiger charge is 2.21. The van der Waals surface area contributed by atoms with E-state index >= 15 is 0 Å². The molecule has 2 aromatic rings. The summed E-state index contributed by atoms with van der Waals surface area (Å²) < 4.78 is 5.45. The molecule has 0 unspecified atom stereocenters. The Balaban J connectivity index is 2.20. The van der Waals surface area contributed by atoms with Gasteiger partial charge in [0.25, 0.3) is 0 Å². The first-order valence-corrected chi connectivity index (χ1v) is 12.6. The van der Waals surface area contributed by atoms with E-state index in [0.717, 1.165) is 33.4 Å². The molecular formula is C27H40Cl2N2O3. The number of benzene rings is 2. The van der Waals surface area contributed by atoms with E-state index in [9.17, 15) is 10.2 Å². The Morgan fingerprint density at radius 1 is 0.882 bits per heavy atom. The lowest BCUT2D eigenvalue weighted by molar-refractivity contribution is 0.0515. The number of halogens is 2. The summed E-state index contributed by atoms with van der Waals surface area (Å²) in [5.74, 6) is 0.957. The molecule has 2 aromatic carbocycles. The number of hydrogen-bond acceptors (Lipinski definition) is 5. The summed E-state index contributed by atoms with van der Waals surface area (Å²) in [6, 6.07) is 3.80. The van der Waals surface area contributed by atoms with Gasteiger partial charge in [0, 0.05) is 54.0 Å². The molecule has 5 nitrogen and oxygen atoms in total. The molecule has 0 radical (unpaired) electrons. The third-order valence-corrected chi connectivity index (χ3v) is 7.19. The SMILES string of the molecule is COCN(Cc1c(C)c(Cl)cc(C(C)C)c1O)C[C@H](C)NCc1c(C)c(Cl)cc(C(C)C)c1O. The summed E-state index contributed by atoms with van der Waals surface area (Å²) in [6.45, 7) is 16.2. The number of methoxy groups -OCH3 is 1. The van der Waals surface area contributed by atoms with Gasteiger partial charge >= 0.3 is 0 Å². The highest BCUT2D eigenvalue weighted by Crippen LogP contribution is 2.37. The Kier molecular flexibility index (Phi) is 10.5. The molecule has 0 saturated carbocycles. The van der Waals surface area contributed by atoms with Crippen LogP contribution in [0, 0.1) is 13.8 Å². The second-order valence-corrected chi connectivity index (χ2v) is 10.6. The maximum atomic E-state index is 10.9. The van der Waals surface area contributed by atoms with Crippen LogP contribution in [0.4, 0.5) is 0 Å². The second kappa shape index (κ2) is 12.5. The number of ether oxygens (including phenoxy) is 1. The average molecular weight is 512 g/mol. The van der Waals surface area contributed by atoms with Crippen LogP contribution in [0.5, 0.6) is 11.5 Å². The Labute approximate surface area is 215 Å². The molecule has 2 rings (SSSR count). The molecule has 7 heteroatoms. The van der Waals surface area contributed by atoms with Gasteiger partial charge in [-0.25, -0.2) is 0 Å². The molecule has 34 heavy (non-hydrogen) atoms. The van der Waals surface area contributed by atoms with Crippen LogP contribution in [0.2, 0.25) is 10.0 Å². The average Bonchev–Trinajstić information content (AvgIpc) is 2.75. The van der Waals surface area contributed by atoms with Gasteiger partial charge in [-0.2, -0.15) is 0 Å². The molecule has 0 aromatic heterocycles. The van der Waals surface area contributed by atoms with Crippen LogP contribution < -0.4 is 5.32 Å². The molecule has 0 fully saturated rings. The van der Waals surface area contributed by atoms with Crippen molar-refractivity contribution in [1.82, 2.24) is 10.2 Å². The molecule has 0 aliphatic rings. The second-order valence-electron chi connectivity index (χ2n) is 9.82. The third kappa shape index (κ3) is 6.79. The monoisotopic (exact) mass is 510 g/mol. The zero-order valence-corrected chi connectivity index (χ0v) is 23.2. The largest absolute Gasteiger partial charge is 0.507 e. The summed E-state index contributed by atoms with van der Waals surface area (Å²) in [5.41, 5.74) is 5.12. The molecule has 0 bridgehead atoms. The fourth-order valence-corrected chi connectivity index (χ4v) is 4.67. The van der Waals surface area contributed by atoms with E-state index in [0.29, 0.717) is 47.9 Å². The standard InChI is InChI=1S/C27H40Cl2N2O3/c1-15(2)20-9-24(28)18(6)22(26(20)32)11-30-17(5)12-31(14-34-8)13-23-19(7)25(29)10-21(16(3)4)27(23)33/h9-10,15-17,30,32-33H,11-14H2,1-8H3/t17-/m0/s1. The predicted octanol–water partition coefficient (Wildman–Crippen LogP) is 6.85. The van der Waals surface area contributed by atoms with Crippen molar-refractivity contribution in [2.45, 2.75) is 79.4 Å². The van der Waals surface area contributed by atoms with Gasteiger partial charge in [-0.1, -0.05) is 50.9 Å². The summed E-state index contributed by atoms with van der Waals surface area (Å²) in [7, 11) is 1.66. The Morgan fingerprint density at radius 2 is 1.35 bits per heavy atom. The minimum Gasteiger partial charge on any atom is -0.507 e. The molecule has 0 spiro atoms. The van der Waals surface area contributed by atoms with Crippen molar-refractivity contribution in [2.24, 2.45) is 0 Å². The third-order valence-electron chi connectivity index (χ3n) is 6.40. The maximum Gasteiger partial charge on any atom is 0.123 e. The van der Waals surface area contributed by atoms with E-state index in [-0.39, 0.29) is 17.9 Å². The van der Waals surface area contributed by atoms with E-state index < -0.39 is 0 Å². The van der Waals surface area contributed by atoms with Gasteiger partial charge in [0.1, 0.15) is 11.5 Å². The van der Waals surface area contributed by atoms with Crippen molar-refractivity contribution in [1.29, 1.82) is 0 Å². The molecule has 0 saturated heterocycles. The van der Waals surface area contributed by atoms with Crippen molar-refractivity contribution in [3.05, 3.63) is 55.6 Å². The van der Waals surface area contributed by atoms with E-state index in [1.807, 2.05) is 53.7 Å². The highest BCUT2D eigenvalue weighted by atomic mass is 35.5. The van der Waals surface area contributed by atoms with Crippen LogP contribution in [0.1, 0.15) is 79.8 Å². The Hall–Kier alpha value is -1.50. The van der Waals surface area contributed by atoms with Crippen LogP contribution in [0.15, 0.2) is 12.1 Å². The van der Waals surface area contributed by atoms with Crippen molar-refractivity contribution in [3.8, 4) is 11.5 Å². The van der Waals surface area contributed by atoms with Gasteiger partial charge in [-0.05, 0) is 67.0 Å². The minimum atomic E-state index is 0.0848. The van der Waals surface area contributed by atoms with Gasteiger partial charge < -0.3 is 20.3 Å². The minimum absolute atomic E-state index is 0.0848. The van der Waals surface area contributed by atoms with Crippen LogP contribution in [0.25, 0.3) is 0 Å². The highest BCUT2D eigenvalue weighted by molar-refractivity contribution is 6.31. The van der Waals surface area contributed by atoms with E-state index in [2.05, 4.69) is 17.1 Å². The number of rotatable bonds is 11. The first kappa shape index (κ1) is 28.7. The fourth-order valence-electron chi connectivity index (χ4n) is 4.21. The van der Waals surface area contributed by atoms with Gasteiger partial charge in [0.2, 0.25) is 0 Å². The number of nitrogens with zero attached hydrogens (tertiary/aromatic N) is 1. The zero-order valence-electron chi connectivity index (χ0n) is 21.7. The smallest absolute Gasteiger partial charge is 0.123 e. The van der Waals surface area contributed by atoms with Gasteiger partial charge in [0.15, 0.2) is 0 Å². The van der Waals surface area contributed by atoms with E-state index in [1.54, 1.807) is 7.11 Å². The number of phenolic OH excluding ortho intramolecular Hbond substituents is 2. The molecule has 0 amide bonds. The predicted molar refractivity (Wildman–Crippen MR) is 142 cm³/mol. The van der Waals surface area contributed by atoms with Crippen LogP contribution >= 0.6 is 23.2 Å². The molecule has 3 N–H and O–H groups in total. The molecule has 0 heterocycles. The van der Waals surface area contributed by atoms with E-state index in [1.165, 1.54) is 0 Å². The number of nitrogens with one attached hydrogen (secondary N) is 1. The summed E-state index contributed by atoms with van der Waals surface area (Å²) in [4.78, 5) is 2.13. The lowest BCUT2D eigenvalue weighted by atomic mass is 9.95. The van der Waals surface area contributed by atoms with Crippen LogP contribution in [-0.2, 0) is 17.8 Å². The van der Waals surface area contributed by atoms with Crippen molar-refractivity contribution >= 4 is 23.2 Å². The van der Waals surface area contributed by atoms with Gasteiger partial charge in [0.05, 0.1) is 6.73 Å². The van der Waals surface area contributed by atoms with E-state index in [4.69, 9.17) is 27.9 Å². The topological polar surface area (TPSA) is 65.0 Å². The van der Waals surface area contributed by atoms with Gasteiger partial charge in [-0.15, -0.1) is 0 Å². The fraction of sp³-hybridized carbons (Fsp3) is 0.556. The van der Waals surface area contributed by atoms with Gasteiger partial charge in [-0.3, -0.25) is 4.90 Å². The number of phenols is 2. The first-order valence-electron chi connectivity index (χ1n) is 11.8. The number of aromatic hydroxyl groups is 2. The number of hydrogen-bond donors (Lipinski definition) is 3. The molecule has 0 aliphatic carbocycles. The summed E-state index contributed by atoms with van der Waals surface area (Å²) >= 11 is 12.9. The quantitative estimate of drug-likeness (QED) is 0.288. The van der Waals surface area contributed by atoms with Crippen molar-refractivity contribution < 1.29 is 14.9 Å². The van der Waals surface area contributed by atoms with Crippen LogP contribution in [-0.4, -0.2) is 41.5 Å². The van der Waals surface area contributed by atoms with Crippen molar-refractivity contribution in [3.63, 3.8) is 0 Å². The molecule has 0 aliphatic heterocycles.